The van der Waals surface area contributed by atoms with Gasteiger partial charge in [-0.3, -0.25) is 47.9 Å². The van der Waals surface area contributed by atoms with E-state index in [0.29, 0.717) is 42.2 Å². The molecule has 10 amide bonds. The Hall–Kier alpha value is -7.28. The van der Waals surface area contributed by atoms with E-state index in [1.165, 1.54) is 89.2 Å². The Morgan fingerprint density at radius 3 is 1.77 bits per heavy atom. The first kappa shape index (κ1) is 71.5. The van der Waals surface area contributed by atoms with E-state index in [9.17, 15) is 52.3 Å². The molecule has 1 aliphatic carbocycles. The highest BCUT2D eigenvalue weighted by atomic mass is 32.1. The molecule has 0 radical (unpaired) electrons. The molecule has 5 atom stereocenters. The van der Waals surface area contributed by atoms with Gasteiger partial charge in [-0.25, -0.2) is 9.37 Å². The van der Waals surface area contributed by atoms with Crippen molar-refractivity contribution in [2.24, 2.45) is 23.7 Å². The van der Waals surface area contributed by atoms with Crippen molar-refractivity contribution in [3.63, 3.8) is 0 Å². The Morgan fingerprint density at radius 2 is 1.24 bits per heavy atom. The smallest absolute Gasteiger partial charge is 0.255 e. The molecule has 2 aliphatic rings. The molecule has 0 unspecified atom stereocenters. The van der Waals surface area contributed by atoms with Gasteiger partial charge in [0, 0.05) is 38.0 Å². The van der Waals surface area contributed by atoms with Crippen LogP contribution in [0.2, 0.25) is 0 Å². The minimum Gasteiger partial charge on any atom is -0.497 e. The van der Waals surface area contributed by atoms with Gasteiger partial charge in [-0.1, -0.05) is 41.5 Å². The zero-order valence-electron chi connectivity index (χ0n) is 54.0. The number of halogens is 1. The van der Waals surface area contributed by atoms with Gasteiger partial charge in [-0.05, 0) is 167 Å². The van der Waals surface area contributed by atoms with Crippen LogP contribution in [0.1, 0.15) is 156 Å². The third kappa shape index (κ3) is 20.4. The molecule has 0 spiro atoms. The van der Waals surface area contributed by atoms with Gasteiger partial charge < -0.3 is 62.4 Å². The quantitative estimate of drug-likeness (QED) is 0.0405. The van der Waals surface area contributed by atoms with Crippen molar-refractivity contribution in [3.05, 3.63) is 58.9 Å². The molecule has 2 aromatic carbocycles. The maximum absolute atomic E-state index is 14.7. The highest BCUT2D eigenvalue weighted by molar-refractivity contribution is 7.18. The zero-order valence-corrected chi connectivity index (χ0v) is 54.8. The molecule has 2 heterocycles. The number of nitrogens with zero attached hydrogens (tertiary/aromatic N) is 3. The van der Waals surface area contributed by atoms with Crippen LogP contribution in [0.25, 0.3) is 10.2 Å². The molecular formula is C63H95FN12O11S. The molecule has 1 aromatic heterocycles. The number of nitrogens with one attached hydrogen (secondary N) is 9. The van der Waals surface area contributed by atoms with Gasteiger partial charge in [-0.2, -0.15) is 0 Å². The van der Waals surface area contributed by atoms with E-state index in [2.05, 4.69) is 47.9 Å². The maximum atomic E-state index is 14.7. The lowest BCUT2D eigenvalue weighted by Gasteiger charge is -2.44. The number of amides is 10. The number of likely N-dealkylation sites (N-methyl/N-ethyl adjacent to an activating group) is 1. The summed E-state index contributed by atoms with van der Waals surface area (Å²) in [6.07, 6.45) is 3.07. The van der Waals surface area contributed by atoms with Crippen molar-refractivity contribution in [1.29, 1.82) is 0 Å². The highest BCUT2D eigenvalue weighted by Crippen LogP contribution is 2.33. The van der Waals surface area contributed by atoms with Gasteiger partial charge >= 0.3 is 0 Å². The van der Waals surface area contributed by atoms with Crippen LogP contribution in [0.15, 0.2) is 42.5 Å². The molecule has 9 N–H and O–H groups in total. The summed E-state index contributed by atoms with van der Waals surface area (Å²) in [5.74, 6) is -8.23. The van der Waals surface area contributed by atoms with Crippen molar-refractivity contribution >= 4 is 80.6 Å². The number of aromatic nitrogens is 1. The SMILES string of the molecule is COc1ccc2nc(C[C@@H](C(=O)N[C@@H](CC(C)C)C(=O)NC(C)(C)C(=O)N[C@@H](CC(C)C)C(=O)N[C@@H](CC(C)C)C(=O)NC(C)(C)C(=O)NC(C)(C)C(=O)NCCC(=O)NC3(CN(C)C)CCC3)C(=O)N[C@@H]3CCCN3C(=O)c3ccc(F)cc3)sc2c1. The van der Waals surface area contributed by atoms with Gasteiger partial charge in [0.05, 0.1) is 27.9 Å². The first-order chi connectivity index (χ1) is 41.0. The lowest BCUT2D eigenvalue weighted by atomic mass is 9.76. The van der Waals surface area contributed by atoms with E-state index >= 15 is 0 Å². The minimum atomic E-state index is -1.72. The Kier molecular flexibility index (Phi) is 25.0. The molecule has 25 heteroatoms. The fraction of sp³-hybridized carbons (Fsp3) is 0.635. The van der Waals surface area contributed by atoms with E-state index in [4.69, 9.17) is 9.72 Å². The fourth-order valence-corrected chi connectivity index (χ4v) is 11.7. The molecule has 2 fully saturated rings. The summed E-state index contributed by atoms with van der Waals surface area (Å²) in [5, 5.41) is 25.7. The summed E-state index contributed by atoms with van der Waals surface area (Å²) >= 11 is 1.26. The predicted octanol–water partition coefficient (Wildman–Crippen LogP) is 4.37. The number of benzene rings is 2. The number of thiazole rings is 1. The molecule has 23 nitrogen and oxygen atoms in total. The zero-order chi connectivity index (χ0) is 65.6. The second-order valence-corrected chi connectivity index (χ2v) is 27.8. The summed E-state index contributed by atoms with van der Waals surface area (Å²) in [6, 6.07) is 6.65. The van der Waals surface area contributed by atoms with Crippen molar-refractivity contribution < 1.29 is 57.1 Å². The number of hydrogen-bond donors (Lipinski definition) is 9. The van der Waals surface area contributed by atoms with Gasteiger partial charge in [0.25, 0.3) is 5.91 Å². The third-order valence-electron chi connectivity index (χ3n) is 15.5. The van der Waals surface area contributed by atoms with E-state index in [1.807, 2.05) is 60.5 Å². The minimum absolute atomic E-state index is 0.0341. The first-order valence-corrected chi connectivity index (χ1v) is 31.3. The number of carbonyl (C=O) groups is 10. The standard InChI is InChI=1S/C63H95FN12O11S/c1-36(2)30-44(53(80)68-46(32-38(5)6)55(82)73-62(11,12)59(86)74-60(7,8)57(84)65-28-25-49(77)71-63(26-17-27-63)35-75(13)14)69-58(85)61(9,10)72-54(81)45(31-37(3)4)67-51(78)42(34-50-66-43-24-23-41(87-15)33-47(43)88-50)52(79)70-48-18-16-29-76(48)56(83)39-19-21-40(64)22-20-39/h19-24,33,36-38,42,44-46,48H,16-18,25-32,34-35H2,1-15H3,(H,65,84)(H,67,78)(H,68,80)(H,69,85)(H,70,79)(H,71,77)(H,72,81)(H,73,82)(H,74,86)/t42-,44-,45-,46-,48-/m0/s1. The average Bonchev–Trinajstić information content (AvgIpc) is 2.98. The second-order valence-electron chi connectivity index (χ2n) is 26.6. The number of fused-ring (bicyclic) bond motifs is 1. The van der Waals surface area contributed by atoms with Crippen LogP contribution < -0.4 is 52.6 Å². The number of ether oxygens (including phenoxy) is 1. The summed E-state index contributed by atoms with van der Waals surface area (Å²) in [5.41, 5.74) is -4.24. The van der Waals surface area contributed by atoms with Crippen molar-refractivity contribution in [1.82, 2.24) is 62.6 Å². The Balaban J connectivity index is 1.26. The third-order valence-corrected chi connectivity index (χ3v) is 16.6. The number of hydrogen-bond acceptors (Lipinski definition) is 14. The first-order valence-electron chi connectivity index (χ1n) is 30.5. The van der Waals surface area contributed by atoms with Crippen molar-refractivity contribution in [3.8, 4) is 5.75 Å². The number of methoxy groups -OCH3 is 1. The largest absolute Gasteiger partial charge is 0.497 e. The topological polar surface area (TPSA) is 308 Å². The van der Waals surface area contributed by atoms with Crippen LogP contribution in [-0.2, 0) is 49.6 Å². The van der Waals surface area contributed by atoms with Crippen LogP contribution in [0.5, 0.6) is 5.75 Å². The molecular weight excluding hydrogens is 1150 g/mol. The van der Waals surface area contributed by atoms with Crippen LogP contribution >= 0.6 is 11.3 Å². The molecule has 3 aromatic rings. The lowest BCUT2D eigenvalue weighted by Crippen LogP contribution is -2.65. The maximum Gasteiger partial charge on any atom is 0.255 e. The molecule has 5 rings (SSSR count). The van der Waals surface area contributed by atoms with E-state index < -0.39 is 106 Å². The molecule has 1 saturated carbocycles. The monoisotopic (exact) mass is 1250 g/mol. The van der Waals surface area contributed by atoms with Gasteiger partial charge in [0.2, 0.25) is 53.2 Å². The highest BCUT2D eigenvalue weighted by Gasteiger charge is 2.43. The van der Waals surface area contributed by atoms with E-state index in [1.54, 1.807) is 18.2 Å². The molecule has 486 valence electrons. The van der Waals surface area contributed by atoms with Crippen molar-refractivity contribution in [2.45, 2.75) is 194 Å². The Labute approximate surface area is 521 Å². The van der Waals surface area contributed by atoms with Gasteiger partial charge in [0.1, 0.15) is 58.4 Å². The molecule has 1 aliphatic heterocycles. The average molecular weight is 1250 g/mol. The van der Waals surface area contributed by atoms with Gasteiger partial charge in [0.15, 0.2) is 0 Å². The number of likely N-dealkylation sites (tertiary alicyclic amines) is 1. The summed E-state index contributed by atoms with van der Waals surface area (Å²) in [4.78, 5) is 148. The molecule has 88 heavy (non-hydrogen) atoms. The number of rotatable bonds is 31. The van der Waals surface area contributed by atoms with Crippen LogP contribution in [-0.4, -0.2) is 161 Å². The Bertz CT molecular complexity index is 3000. The summed E-state index contributed by atoms with van der Waals surface area (Å²) in [6.45, 7) is 20.9. The van der Waals surface area contributed by atoms with E-state index in [0.717, 1.165) is 24.0 Å². The summed E-state index contributed by atoms with van der Waals surface area (Å²) < 4.78 is 19.9. The fourth-order valence-electron chi connectivity index (χ4n) is 10.6. The Morgan fingerprint density at radius 1 is 0.693 bits per heavy atom. The normalized spacial score (nSPS) is 16.4. The van der Waals surface area contributed by atoms with Crippen LogP contribution in [0.4, 0.5) is 4.39 Å². The van der Waals surface area contributed by atoms with E-state index in [-0.39, 0.29) is 73.4 Å². The van der Waals surface area contributed by atoms with Crippen molar-refractivity contribution in [2.75, 3.05) is 40.8 Å². The molecule has 0 bridgehead atoms. The van der Waals surface area contributed by atoms with Crippen LogP contribution in [0, 0.1) is 29.5 Å². The number of carbonyl (C=O) groups excluding carboxylic acids is 10. The summed E-state index contributed by atoms with van der Waals surface area (Å²) in [7, 11) is 5.43. The molecule has 1 saturated heterocycles. The van der Waals surface area contributed by atoms with Gasteiger partial charge in [-0.15, -0.1) is 11.3 Å². The van der Waals surface area contributed by atoms with Crippen LogP contribution in [0.3, 0.4) is 0 Å². The second kappa shape index (κ2) is 30.8. The predicted molar refractivity (Wildman–Crippen MR) is 334 cm³/mol. The lowest BCUT2D eigenvalue weighted by molar-refractivity contribution is -0.140.